The van der Waals surface area contributed by atoms with E-state index < -0.39 is 11.3 Å². The number of rotatable bonds is 4. The van der Waals surface area contributed by atoms with E-state index in [0.717, 1.165) is 5.56 Å². The Kier molecular flexibility index (Phi) is 4.29. The van der Waals surface area contributed by atoms with Crippen LogP contribution in [0, 0.1) is 11.6 Å². The third-order valence-electron chi connectivity index (χ3n) is 4.17. The minimum atomic E-state index is -0.698. The monoisotopic (exact) mass is 330 g/mol. The van der Waals surface area contributed by atoms with Crippen molar-refractivity contribution in [3.8, 4) is 0 Å². The van der Waals surface area contributed by atoms with Crippen LogP contribution in [0.2, 0.25) is 0 Å². The van der Waals surface area contributed by atoms with Gasteiger partial charge in [-0.25, -0.2) is 8.78 Å². The van der Waals surface area contributed by atoms with E-state index in [0.29, 0.717) is 18.4 Å². The SMILES string of the molecule is O=C(Cc1ccc(F)cc1)NNC(=O)C1(c2ccc(F)cc2)CC1. The molecule has 2 amide bonds. The third-order valence-corrected chi connectivity index (χ3v) is 4.17. The molecule has 2 N–H and O–H groups in total. The molecule has 1 aliphatic carbocycles. The zero-order valence-electron chi connectivity index (χ0n) is 12.8. The molecule has 2 aromatic rings. The minimum absolute atomic E-state index is 0.0319. The van der Waals surface area contributed by atoms with Crippen LogP contribution in [-0.2, 0) is 21.4 Å². The van der Waals surface area contributed by atoms with Gasteiger partial charge in [-0.05, 0) is 48.2 Å². The highest BCUT2D eigenvalue weighted by Gasteiger charge is 2.51. The van der Waals surface area contributed by atoms with Gasteiger partial charge in [-0.1, -0.05) is 24.3 Å². The summed E-state index contributed by atoms with van der Waals surface area (Å²) >= 11 is 0. The van der Waals surface area contributed by atoms with Gasteiger partial charge in [-0.2, -0.15) is 0 Å². The second kappa shape index (κ2) is 6.39. The van der Waals surface area contributed by atoms with Crippen molar-refractivity contribution in [3.63, 3.8) is 0 Å². The number of hydrogen-bond acceptors (Lipinski definition) is 2. The zero-order chi connectivity index (χ0) is 17.2. The van der Waals surface area contributed by atoms with Crippen LogP contribution in [0.3, 0.4) is 0 Å². The number of carbonyl (C=O) groups is 2. The van der Waals surface area contributed by atoms with Gasteiger partial charge in [0.2, 0.25) is 11.8 Å². The molecule has 4 nitrogen and oxygen atoms in total. The van der Waals surface area contributed by atoms with Crippen molar-refractivity contribution < 1.29 is 18.4 Å². The zero-order valence-corrected chi connectivity index (χ0v) is 12.8. The fourth-order valence-corrected chi connectivity index (χ4v) is 2.62. The Balaban J connectivity index is 1.56. The number of amides is 2. The number of hydrazine groups is 1. The molecule has 0 spiro atoms. The minimum Gasteiger partial charge on any atom is -0.273 e. The quantitative estimate of drug-likeness (QED) is 0.846. The molecule has 6 heteroatoms. The smallest absolute Gasteiger partial charge is 0.249 e. The molecular formula is C18H16F2N2O2. The van der Waals surface area contributed by atoms with Crippen LogP contribution in [0.15, 0.2) is 48.5 Å². The van der Waals surface area contributed by atoms with Crippen molar-refractivity contribution in [1.82, 2.24) is 10.9 Å². The highest BCUT2D eigenvalue weighted by Crippen LogP contribution is 2.48. The summed E-state index contributed by atoms with van der Waals surface area (Å²) in [5.41, 5.74) is 5.46. The molecule has 3 rings (SSSR count). The van der Waals surface area contributed by atoms with Crippen LogP contribution >= 0.6 is 0 Å². The molecular weight excluding hydrogens is 314 g/mol. The molecule has 24 heavy (non-hydrogen) atoms. The summed E-state index contributed by atoms with van der Waals surface area (Å²) in [5, 5.41) is 0. The first-order valence-electron chi connectivity index (χ1n) is 7.59. The molecule has 0 unspecified atom stereocenters. The average molecular weight is 330 g/mol. The fraction of sp³-hybridized carbons (Fsp3) is 0.222. The van der Waals surface area contributed by atoms with Gasteiger partial charge in [0.1, 0.15) is 11.6 Å². The highest BCUT2D eigenvalue weighted by atomic mass is 19.1. The molecule has 2 aromatic carbocycles. The molecule has 0 saturated heterocycles. The molecule has 1 saturated carbocycles. The summed E-state index contributed by atoms with van der Waals surface area (Å²) in [4.78, 5) is 24.2. The number of halogens is 2. The van der Waals surface area contributed by atoms with E-state index in [9.17, 15) is 18.4 Å². The molecule has 0 aliphatic heterocycles. The van der Waals surface area contributed by atoms with Gasteiger partial charge >= 0.3 is 0 Å². The van der Waals surface area contributed by atoms with Crippen LogP contribution in [0.4, 0.5) is 8.78 Å². The Morgan fingerprint density at radius 2 is 1.42 bits per heavy atom. The molecule has 0 bridgehead atoms. The van der Waals surface area contributed by atoms with Gasteiger partial charge in [0, 0.05) is 0 Å². The predicted octanol–water partition coefficient (Wildman–Crippen LogP) is 2.39. The first kappa shape index (κ1) is 16.1. The van der Waals surface area contributed by atoms with Crippen LogP contribution in [-0.4, -0.2) is 11.8 Å². The summed E-state index contributed by atoms with van der Waals surface area (Å²) < 4.78 is 25.8. The van der Waals surface area contributed by atoms with E-state index in [1.807, 2.05) is 0 Å². The maximum absolute atomic E-state index is 13.0. The lowest BCUT2D eigenvalue weighted by molar-refractivity contribution is -0.130. The van der Waals surface area contributed by atoms with Crippen molar-refractivity contribution >= 4 is 11.8 Å². The predicted molar refractivity (Wildman–Crippen MR) is 83.7 cm³/mol. The Bertz CT molecular complexity index is 754. The maximum atomic E-state index is 13.0. The van der Waals surface area contributed by atoms with E-state index in [2.05, 4.69) is 10.9 Å². The lowest BCUT2D eigenvalue weighted by atomic mass is 9.95. The van der Waals surface area contributed by atoms with Crippen molar-refractivity contribution in [3.05, 3.63) is 71.3 Å². The molecule has 1 fully saturated rings. The summed E-state index contributed by atoms with van der Waals surface area (Å²) in [6.45, 7) is 0. The largest absolute Gasteiger partial charge is 0.273 e. The Hall–Kier alpha value is -2.76. The number of hydrogen-bond donors (Lipinski definition) is 2. The Morgan fingerprint density at radius 1 is 0.875 bits per heavy atom. The van der Waals surface area contributed by atoms with E-state index in [1.165, 1.54) is 36.4 Å². The summed E-state index contributed by atoms with van der Waals surface area (Å²) in [7, 11) is 0. The van der Waals surface area contributed by atoms with Gasteiger partial charge in [-0.15, -0.1) is 0 Å². The topological polar surface area (TPSA) is 58.2 Å². The van der Waals surface area contributed by atoms with E-state index in [4.69, 9.17) is 0 Å². The first-order valence-corrected chi connectivity index (χ1v) is 7.59. The summed E-state index contributed by atoms with van der Waals surface area (Å²) in [6, 6.07) is 11.4. The van der Waals surface area contributed by atoms with Crippen molar-refractivity contribution in [2.75, 3.05) is 0 Å². The molecule has 124 valence electrons. The van der Waals surface area contributed by atoms with Gasteiger partial charge in [-0.3, -0.25) is 20.4 Å². The van der Waals surface area contributed by atoms with Gasteiger partial charge < -0.3 is 0 Å². The molecule has 0 heterocycles. The standard InChI is InChI=1S/C18H16F2N2O2/c19-14-5-1-12(2-6-14)11-16(23)21-22-17(24)18(9-10-18)13-3-7-15(20)8-4-13/h1-8H,9-11H2,(H,21,23)(H,22,24). The third kappa shape index (κ3) is 3.42. The van der Waals surface area contributed by atoms with E-state index >= 15 is 0 Å². The fourth-order valence-electron chi connectivity index (χ4n) is 2.62. The van der Waals surface area contributed by atoms with Crippen LogP contribution < -0.4 is 10.9 Å². The van der Waals surface area contributed by atoms with Crippen LogP contribution in [0.1, 0.15) is 24.0 Å². The summed E-state index contributed by atoms with van der Waals surface area (Å²) in [5.74, 6) is -1.45. The van der Waals surface area contributed by atoms with E-state index in [1.54, 1.807) is 12.1 Å². The Labute approximate surface area is 137 Å². The second-order valence-corrected chi connectivity index (χ2v) is 5.89. The van der Waals surface area contributed by atoms with Gasteiger partial charge in [0.05, 0.1) is 11.8 Å². The highest BCUT2D eigenvalue weighted by molar-refractivity contribution is 5.92. The van der Waals surface area contributed by atoms with Crippen molar-refractivity contribution in [2.24, 2.45) is 0 Å². The van der Waals surface area contributed by atoms with Crippen molar-refractivity contribution in [1.29, 1.82) is 0 Å². The first-order chi connectivity index (χ1) is 11.5. The van der Waals surface area contributed by atoms with Crippen LogP contribution in [0.5, 0.6) is 0 Å². The second-order valence-electron chi connectivity index (χ2n) is 5.89. The van der Waals surface area contributed by atoms with Gasteiger partial charge in [0.25, 0.3) is 0 Å². The van der Waals surface area contributed by atoms with Crippen molar-refractivity contribution in [2.45, 2.75) is 24.7 Å². The summed E-state index contributed by atoms with van der Waals surface area (Å²) in [6.07, 6.45) is 1.33. The maximum Gasteiger partial charge on any atom is 0.249 e. The van der Waals surface area contributed by atoms with E-state index in [-0.39, 0.29) is 24.0 Å². The molecule has 0 radical (unpaired) electrons. The number of nitrogens with one attached hydrogen (secondary N) is 2. The van der Waals surface area contributed by atoms with Crippen LogP contribution in [0.25, 0.3) is 0 Å². The lowest BCUT2D eigenvalue weighted by Crippen LogP contribution is -2.47. The molecule has 0 aromatic heterocycles. The Morgan fingerprint density at radius 3 is 1.96 bits per heavy atom. The molecule has 1 aliphatic rings. The average Bonchev–Trinajstić information content (AvgIpc) is 3.37. The number of benzene rings is 2. The van der Waals surface area contributed by atoms with Gasteiger partial charge in [0.15, 0.2) is 0 Å². The lowest BCUT2D eigenvalue weighted by Gasteiger charge is -2.16. The normalized spacial score (nSPS) is 14.8. The number of carbonyl (C=O) groups excluding carboxylic acids is 2. The molecule has 0 atom stereocenters.